The molecule has 0 unspecified atom stereocenters. The van der Waals surface area contributed by atoms with E-state index in [1.165, 1.54) is 22.4 Å². The second-order valence-electron chi connectivity index (χ2n) is 7.97. The van der Waals surface area contributed by atoms with Crippen molar-refractivity contribution in [3.05, 3.63) is 106 Å². The Morgan fingerprint density at radius 1 is 1.00 bits per heavy atom. The van der Waals surface area contributed by atoms with Gasteiger partial charge in [0.1, 0.15) is 0 Å². The van der Waals surface area contributed by atoms with Gasteiger partial charge in [-0.05, 0) is 66.3 Å². The van der Waals surface area contributed by atoms with E-state index in [2.05, 4.69) is 99.9 Å². The zero-order valence-corrected chi connectivity index (χ0v) is 17.9. The summed E-state index contributed by atoms with van der Waals surface area (Å²) < 4.78 is 1.08. The lowest BCUT2D eigenvalue weighted by atomic mass is 9.76. The topological polar surface area (TPSA) is 24.4 Å². The molecule has 3 aromatic carbocycles. The minimum absolute atomic E-state index is 0.328. The molecule has 0 fully saturated rings. The van der Waals surface area contributed by atoms with E-state index in [-0.39, 0.29) is 0 Å². The fourth-order valence-electron chi connectivity index (χ4n) is 4.51. The Labute approximate surface area is 180 Å². The normalized spacial score (nSPS) is 22.3. The molecule has 29 heavy (non-hydrogen) atoms. The Hall–Kier alpha value is -2.65. The summed E-state index contributed by atoms with van der Waals surface area (Å²) in [5.41, 5.74) is 7.44. The zero-order chi connectivity index (χ0) is 19.8. The summed E-state index contributed by atoms with van der Waals surface area (Å²) in [5.74, 6) is 1.08. The summed E-state index contributed by atoms with van der Waals surface area (Å²) in [7, 11) is 0. The minimum atomic E-state index is 0.328. The van der Waals surface area contributed by atoms with Crippen LogP contribution in [0.25, 0.3) is 0 Å². The lowest BCUT2D eigenvalue weighted by molar-refractivity contribution is 0.425. The lowest BCUT2D eigenvalue weighted by Gasteiger charge is -2.37. The van der Waals surface area contributed by atoms with Gasteiger partial charge >= 0.3 is 0 Å². The first-order valence-corrected chi connectivity index (χ1v) is 10.9. The number of aryl methyl sites for hydroxylation is 1. The van der Waals surface area contributed by atoms with Crippen LogP contribution in [0.15, 0.2) is 88.3 Å². The van der Waals surface area contributed by atoms with Crippen molar-refractivity contribution in [2.24, 2.45) is 10.9 Å². The van der Waals surface area contributed by atoms with Gasteiger partial charge in [-0.15, -0.1) is 0 Å². The fourth-order valence-corrected chi connectivity index (χ4v) is 4.77. The van der Waals surface area contributed by atoms with E-state index in [1.54, 1.807) is 0 Å². The van der Waals surface area contributed by atoms with Gasteiger partial charge in [-0.1, -0.05) is 70.0 Å². The largest absolute Gasteiger partial charge is 0.378 e. The predicted molar refractivity (Wildman–Crippen MR) is 125 cm³/mol. The highest BCUT2D eigenvalue weighted by molar-refractivity contribution is 9.10. The first kappa shape index (κ1) is 18.4. The van der Waals surface area contributed by atoms with Crippen LogP contribution in [0, 0.1) is 12.8 Å². The van der Waals surface area contributed by atoms with Crippen LogP contribution in [0.4, 0.5) is 11.4 Å². The highest BCUT2D eigenvalue weighted by Crippen LogP contribution is 2.49. The number of allylic oxidation sites excluding steroid dienone is 2. The van der Waals surface area contributed by atoms with Crippen molar-refractivity contribution < 1.29 is 0 Å². The summed E-state index contributed by atoms with van der Waals surface area (Å²) in [6.45, 7) is 2.17. The maximum Gasteiger partial charge on any atom is 0.0630 e. The molecule has 0 aromatic heterocycles. The molecule has 3 heteroatoms. The molecule has 0 saturated heterocycles. The Morgan fingerprint density at radius 3 is 2.59 bits per heavy atom. The maximum atomic E-state index is 4.63. The van der Waals surface area contributed by atoms with Crippen molar-refractivity contribution in [3.8, 4) is 0 Å². The van der Waals surface area contributed by atoms with Gasteiger partial charge in [0.25, 0.3) is 0 Å². The number of nitrogens with zero attached hydrogens (tertiary/aromatic N) is 1. The summed E-state index contributed by atoms with van der Waals surface area (Å²) in [6.07, 6.45) is 7.78. The Balaban J connectivity index is 1.38. The number of hydrogen-bond donors (Lipinski definition) is 1. The van der Waals surface area contributed by atoms with Crippen LogP contribution in [0.5, 0.6) is 0 Å². The monoisotopic (exact) mass is 442 g/mol. The second kappa shape index (κ2) is 7.64. The SMILES string of the molecule is Cc1ccc2c(c1)[C@@H]1C=CC[C@@H]1[C@H](c1ccc(N=Cc3ccc(Br)cc3)cc1)N2. The van der Waals surface area contributed by atoms with E-state index in [0.29, 0.717) is 17.9 Å². The van der Waals surface area contributed by atoms with E-state index in [9.17, 15) is 0 Å². The van der Waals surface area contributed by atoms with Gasteiger partial charge in [-0.3, -0.25) is 4.99 Å². The Kier molecular flexibility index (Phi) is 4.84. The number of fused-ring (bicyclic) bond motifs is 3. The van der Waals surface area contributed by atoms with Gasteiger partial charge in [-0.2, -0.15) is 0 Å². The molecule has 0 spiro atoms. The first-order chi connectivity index (χ1) is 14.2. The fraction of sp³-hybridized carbons (Fsp3) is 0.192. The number of rotatable bonds is 3. The zero-order valence-electron chi connectivity index (χ0n) is 16.3. The molecule has 0 amide bonds. The smallest absolute Gasteiger partial charge is 0.0630 e. The van der Waals surface area contributed by atoms with Crippen molar-refractivity contribution >= 4 is 33.5 Å². The highest BCUT2D eigenvalue weighted by atomic mass is 79.9. The third-order valence-corrected chi connectivity index (χ3v) is 6.53. The Morgan fingerprint density at radius 2 is 1.79 bits per heavy atom. The number of anilines is 1. The molecule has 2 aliphatic rings. The number of benzene rings is 3. The van der Waals surface area contributed by atoms with Gasteiger partial charge in [-0.25, -0.2) is 0 Å². The van der Waals surface area contributed by atoms with Crippen molar-refractivity contribution in [2.75, 3.05) is 5.32 Å². The lowest BCUT2D eigenvalue weighted by Crippen LogP contribution is -2.29. The molecule has 0 bridgehead atoms. The minimum Gasteiger partial charge on any atom is -0.378 e. The van der Waals surface area contributed by atoms with E-state index >= 15 is 0 Å². The number of aliphatic imine (C=N–C) groups is 1. The predicted octanol–water partition coefficient (Wildman–Crippen LogP) is 7.33. The summed E-state index contributed by atoms with van der Waals surface area (Å²) in [5, 5.41) is 3.81. The van der Waals surface area contributed by atoms with Crippen LogP contribution in [0.1, 0.15) is 40.6 Å². The number of nitrogens with one attached hydrogen (secondary N) is 1. The van der Waals surface area contributed by atoms with E-state index in [1.807, 2.05) is 18.3 Å². The standard InChI is InChI=1S/C26H23BrN2/c1-17-5-14-25-24(15-17)22-3-2-4-23(22)26(29-25)19-8-12-21(13-9-19)28-16-18-6-10-20(27)11-7-18/h2-3,5-16,22-23,26,29H,4H2,1H3/t22-,23+,26+/m1/s1. The van der Waals surface area contributed by atoms with Crippen molar-refractivity contribution in [3.63, 3.8) is 0 Å². The van der Waals surface area contributed by atoms with Crippen LogP contribution in [0.2, 0.25) is 0 Å². The van der Waals surface area contributed by atoms with Gasteiger partial charge in [0.15, 0.2) is 0 Å². The molecule has 5 rings (SSSR count). The molecule has 2 nitrogen and oxygen atoms in total. The van der Waals surface area contributed by atoms with Gasteiger partial charge in [0.05, 0.1) is 11.7 Å². The molecule has 0 saturated carbocycles. The summed E-state index contributed by atoms with van der Waals surface area (Å²) in [6, 6.07) is 24.0. The van der Waals surface area contributed by atoms with Crippen molar-refractivity contribution in [1.29, 1.82) is 0 Å². The molecule has 1 aliphatic heterocycles. The van der Waals surface area contributed by atoms with Crippen LogP contribution < -0.4 is 5.32 Å². The van der Waals surface area contributed by atoms with Gasteiger partial charge in [0.2, 0.25) is 0 Å². The molecule has 1 aliphatic carbocycles. The van der Waals surface area contributed by atoms with E-state index in [0.717, 1.165) is 22.1 Å². The average Bonchev–Trinajstić information content (AvgIpc) is 3.24. The third kappa shape index (κ3) is 3.67. The molecular formula is C26H23BrN2. The molecule has 1 N–H and O–H groups in total. The molecule has 0 radical (unpaired) electrons. The molecule has 144 valence electrons. The maximum absolute atomic E-state index is 4.63. The van der Waals surface area contributed by atoms with Crippen molar-refractivity contribution in [2.45, 2.75) is 25.3 Å². The van der Waals surface area contributed by atoms with E-state index < -0.39 is 0 Å². The molecule has 3 atom stereocenters. The average molecular weight is 443 g/mol. The van der Waals surface area contributed by atoms with Crippen LogP contribution in [0.3, 0.4) is 0 Å². The van der Waals surface area contributed by atoms with Gasteiger partial charge < -0.3 is 5.32 Å². The quantitative estimate of drug-likeness (QED) is 0.333. The number of halogens is 1. The second-order valence-corrected chi connectivity index (χ2v) is 8.88. The van der Waals surface area contributed by atoms with Crippen LogP contribution in [-0.4, -0.2) is 6.21 Å². The third-order valence-electron chi connectivity index (χ3n) is 6.00. The molecule has 1 heterocycles. The molecule has 3 aromatic rings. The van der Waals surface area contributed by atoms with Crippen molar-refractivity contribution in [1.82, 2.24) is 0 Å². The summed E-state index contributed by atoms with van der Waals surface area (Å²) in [4.78, 5) is 4.63. The molecular weight excluding hydrogens is 420 g/mol. The first-order valence-electron chi connectivity index (χ1n) is 10.1. The Bertz CT molecular complexity index is 1080. The summed E-state index contributed by atoms with van der Waals surface area (Å²) >= 11 is 3.47. The number of hydrogen-bond acceptors (Lipinski definition) is 2. The van der Waals surface area contributed by atoms with Crippen LogP contribution >= 0.6 is 15.9 Å². The van der Waals surface area contributed by atoms with E-state index in [4.69, 9.17) is 0 Å². The van der Waals surface area contributed by atoms with Gasteiger partial charge in [0, 0.05) is 22.3 Å². The van der Waals surface area contributed by atoms with Crippen LogP contribution in [-0.2, 0) is 0 Å². The highest BCUT2D eigenvalue weighted by Gasteiger charge is 2.37.